The number of nitrogens with zero attached hydrogens (tertiary/aromatic N) is 2. The van der Waals surface area contributed by atoms with E-state index in [1.807, 2.05) is 6.07 Å². The quantitative estimate of drug-likeness (QED) is 0.639. The van der Waals surface area contributed by atoms with Crippen LogP contribution >= 0.6 is 0 Å². The molecule has 1 unspecified atom stereocenters. The molecule has 1 aliphatic heterocycles. The number of nitrogens with one attached hydrogen (secondary N) is 2. The number of rotatable bonds is 5. The van der Waals surface area contributed by atoms with Crippen LogP contribution in [-0.2, 0) is 15.8 Å². The van der Waals surface area contributed by atoms with Crippen LogP contribution < -0.4 is 10.6 Å². The molecular formula is C22H23F5N4O2. The molecular weight excluding hydrogens is 447 g/mol. The lowest BCUT2D eigenvalue weighted by atomic mass is 9.77. The Morgan fingerprint density at radius 1 is 1.33 bits per heavy atom. The zero-order chi connectivity index (χ0) is 24.4. The molecule has 1 heterocycles. The van der Waals surface area contributed by atoms with Crippen molar-refractivity contribution in [2.24, 2.45) is 5.41 Å². The third-order valence-electron chi connectivity index (χ3n) is 6.01. The van der Waals surface area contributed by atoms with Crippen LogP contribution in [0.3, 0.4) is 0 Å². The van der Waals surface area contributed by atoms with Gasteiger partial charge in [-0.25, -0.2) is 8.78 Å². The molecule has 3 rings (SSSR count). The number of alkyl halides is 4. The Morgan fingerprint density at radius 3 is 2.67 bits per heavy atom. The molecule has 1 fully saturated rings. The number of carbonyl (C=O) groups excluding carboxylic acids is 2. The molecule has 178 valence electrons. The summed E-state index contributed by atoms with van der Waals surface area (Å²) in [6, 6.07) is 3.41. The van der Waals surface area contributed by atoms with E-state index in [2.05, 4.69) is 10.6 Å². The number of hydrogen-bond donors (Lipinski definition) is 2. The fourth-order valence-electron chi connectivity index (χ4n) is 3.91. The number of hydrogen-bond acceptors (Lipinski definition) is 4. The molecule has 11 heteroatoms. The third kappa shape index (κ3) is 5.61. The van der Waals surface area contributed by atoms with Gasteiger partial charge < -0.3 is 15.5 Å². The average Bonchev–Trinajstić information content (AvgIpc) is 3.14. The molecule has 6 nitrogen and oxygen atoms in total. The van der Waals surface area contributed by atoms with Gasteiger partial charge >= 0.3 is 6.18 Å². The zero-order valence-electron chi connectivity index (χ0n) is 17.8. The first-order valence-electron chi connectivity index (χ1n) is 10.4. The van der Waals surface area contributed by atoms with Crippen molar-refractivity contribution in [1.29, 1.82) is 5.26 Å². The van der Waals surface area contributed by atoms with E-state index >= 15 is 0 Å². The van der Waals surface area contributed by atoms with Crippen LogP contribution in [0, 0.1) is 22.6 Å². The number of halogens is 5. The van der Waals surface area contributed by atoms with E-state index in [-0.39, 0.29) is 31.6 Å². The Morgan fingerprint density at radius 2 is 2.06 bits per heavy atom. The lowest BCUT2D eigenvalue weighted by Crippen LogP contribution is -2.41. The second kappa shape index (κ2) is 9.37. The summed E-state index contributed by atoms with van der Waals surface area (Å²) in [5.74, 6) is -2.32. The van der Waals surface area contributed by atoms with Gasteiger partial charge in [-0.05, 0) is 37.5 Å². The highest BCUT2D eigenvalue weighted by molar-refractivity contribution is 5.95. The Bertz CT molecular complexity index is 1000. The molecule has 1 aliphatic carbocycles. The summed E-state index contributed by atoms with van der Waals surface area (Å²) in [7, 11) is 0. The molecule has 2 amide bonds. The number of amides is 2. The minimum Gasteiger partial charge on any atom is -0.380 e. The molecule has 2 N–H and O–H groups in total. The zero-order valence-corrected chi connectivity index (χ0v) is 17.8. The van der Waals surface area contributed by atoms with Crippen molar-refractivity contribution in [1.82, 2.24) is 10.2 Å². The number of carbonyl (C=O) groups is 2. The van der Waals surface area contributed by atoms with Crippen molar-refractivity contribution >= 4 is 17.5 Å². The van der Waals surface area contributed by atoms with Gasteiger partial charge in [-0.15, -0.1) is 0 Å². The van der Waals surface area contributed by atoms with Crippen LogP contribution in [-0.4, -0.2) is 42.0 Å². The Labute approximate surface area is 187 Å². The van der Waals surface area contributed by atoms with E-state index in [1.54, 1.807) is 13.0 Å². The summed E-state index contributed by atoms with van der Waals surface area (Å²) in [5, 5.41) is 14.4. The smallest absolute Gasteiger partial charge is 0.380 e. The Kier molecular flexibility index (Phi) is 6.95. The summed E-state index contributed by atoms with van der Waals surface area (Å²) in [4.78, 5) is 26.2. The first-order valence-corrected chi connectivity index (χ1v) is 10.4. The standard InChI is InChI=1S/C22H23F5N4O2/c1-21(20(33)30-15-2-3-18(24)17(9-15)22(25,26)27)6-4-14(5-7-21)29-11-19(32)31-12-13(23)8-16(31)10-28/h2-4,9,13,16,29H,5-8,11-12H2,1H3,(H,30,33)/t13-,16-,21?/m0/s1. The van der Waals surface area contributed by atoms with Gasteiger partial charge in [-0.1, -0.05) is 13.0 Å². The first kappa shape index (κ1) is 24.5. The number of nitriles is 1. The molecule has 3 atom stereocenters. The largest absolute Gasteiger partial charge is 0.419 e. The Balaban J connectivity index is 1.57. The van der Waals surface area contributed by atoms with Crippen molar-refractivity contribution in [3.8, 4) is 6.07 Å². The number of allylic oxidation sites excluding steroid dienone is 2. The Hall–Kier alpha value is -3.16. The minimum absolute atomic E-state index is 0.00305. The summed E-state index contributed by atoms with van der Waals surface area (Å²) < 4.78 is 65.6. The highest BCUT2D eigenvalue weighted by atomic mass is 19.4. The third-order valence-corrected chi connectivity index (χ3v) is 6.01. The van der Waals surface area contributed by atoms with Gasteiger partial charge in [-0.2, -0.15) is 18.4 Å². The van der Waals surface area contributed by atoms with Crippen molar-refractivity contribution < 1.29 is 31.5 Å². The van der Waals surface area contributed by atoms with E-state index in [0.717, 1.165) is 6.07 Å². The molecule has 0 saturated carbocycles. The lowest BCUT2D eigenvalue weighted by Gasteiger charge is -2.32. The predicted molar refractivity (Wildman–Crippen MR) is 109 cm³/mol. The fourth-order valence-corrected chi connectivity index (χ4v) is 3.91. The highest BCUT2D eigenvalue weighted by Crippen LogP contribution is 2.37. The maximum atomic E-state index is 13.5. The van der Waals surface area contributed by atoms with E-state index in [9.17, 15) is 31.5 Å². The van der Waals surface area contributed by atoms with Crippen molar-refractivity contribution in [2.75, 3.05) is 18.4 Å². The van der Waals surface area contributed by atoms with E-state index in [1.165, 1.54) is 4.90 Å². The molecule has 1 aromatic carbocycles. The molecule has 1 saturated heterocycles. The summed E-state index contributed by atoms with van der Waals surface area (Å²) in [5.41, 5.74) is -1.82. The first-order chi connectivity index (χ1) is 15.4. The number of benzene rings is 1. The molecule has 0 radical (unpaired) electrons. The van der Waals surface area contributed by atoms with E-state index in [4.69, 9.17) is 5.26 Å². The van der Waals surface area contributed by atoms with E-state index < -0.39 is 47.0 Å². The van der Waals surface area contributed by atoms with Crippen LogP contribution in [0.15, 0.2) is 30.0 Å². The van der Waals surface area contributed by atoms with Crippen LogP contribution in [0.4, 0.5) is 27.6 Å². The van der Waals surface area contributed by atoms with Gasteiger partial charge in [-0.3, -0.25) is 9.59 Å². The second-order valence-corrected chi connectivity index (χ2v) is 8.52. The molecule has 33 heavy (non-hydrogen) atoms. The highest BCUT2D eigenvalue weighted by Gasteiger charge is 2.38. The minimum atomic E-state index is -4.88. The van der Waals surface area contributed by atoms with Crippen LogP contribution in [0.25, 0.3) is 0 Å². The fraction of sp³-hybridized carbons (Fsp3) is 0.500. The normalized spacial score (nSPS) is 25.2. The van der Waals surface area contributed by atoms with Gasteiger partial charge in [0, 0.05) is 17.8 Å². The van der Waals surface area contributed by atoms with E-state index in [0.29, 0.717) is 30.7 Å². The van der Waals surface area contributed by atoms with Crippen LogP contribution in [0.5, 0.6) is 0 Å². The van der Waals surface area contributed by atoms with Crippen LogP contribution in [0.1, 0.15) is 38.2 Å². The van der Waals surface area contributed by atoms with Gasteiger partial charge in [0.15, 0.2) is 0 Å². The van der Waals surface area contributed by atoms with Crippen molar-refractivity contribution in [3.05, 3.63) is 41.4 Å². The predicted octanol–water partition coefficient (Wildman–Crippen LogP) is 3.91. The molecule has 0 spiro atoms. The average molecular weight is 470 g/mol. The summed E-state index contributed by atoms with van der Waals surface area (Å²) >= 11 is 0. The summed E-state index contributed by atoms with van der Waals surface area (Å²) in [6.07, 6.45) is -3.35. The van der Waals surface area contributed by atoms with Crippen molar-refractivity contribution in [2.45, 2.75) is 51.0 Å². The molecule has 0 aromatic heterocycles. The number of likely N-dealkylation sites (tertiary alicyclic amines) is 1. The van der Waals surface area contributed by atoms with Gasteiger partial charge in [0.2, 0.25) is 11.8 Å². The topological polar surface area (TPSA) is 85.2 Å². The van der Waals surface area contributed by atoms with Gasteiger partial charge in [0.1, 0.15) is 18.0 Å². The summed E-state index contributed by atoms with van der Waals surface area (Å²) in [6.45, 7) is 1.43. The second-order valence-electron chi connectivity index (χ2n) is 8.52. The molecule has 2 aliphatic rings. The van der Waals surface area contributed by atoms with Gasteiger partial charge in [0.25, 0.3) is 0 Å². The van der Waals surface area contributed by atoms with Crippen molar-refractivity contribution in [3.63, 3.8) is 0 Å². The van der Waals surface area contributed by atoms with Crippen LogP contribution in [0.2, 0.25) is 0 Å². The van der Waals surface area contributed by atoms with Gasteiger partial charge in [0.05, 0.1) is 30.1 Å². The monoisotopic (exact) mass is 470 g/mol. The molecule has 0 bridgehead atoms. The number of anilines is 1. The maximum absolute atomic E-state index is 13.5. The lowest BCUT2D eigenvalue weighted by molar-refractivity contribution is -0.140. The maximum Gasteiger partial charge on any atom is 0.419 e. The molecule has 1 aromatic rings. The SMILES string of the molecule is CC1(C(=O)Nc2ccc(F)c(C(F)(F)F)c2)CC=C(NCC(=O)N2C[C@@H](F)C[C@H]2C#N)CC1.